The van der Waals surface area contributed by atoms with Crippen LogP contribution in [0.1, 0.15) is 37.6 Å². The van der Waals surface area contributed by atoms with Gasteiger partial charge in [0.15, 0.2) is 0 Å². The van der Waals surface area contributed by atoms with Crippen molar-refractivity contribution in [1.29, 1.82) is 0 Å². The van der Waals surface area contributed by atoms with E-state index in [2.05, 4.69) is 44.6 Å². The topological polar surface area (TPSA) is 39.4 Å². The van der Waals surface area contributed by atoms with Gasteiger partial charge in [-0.3, -0.25) is 4.68 Å². The van der Waals surface area contributed by atoms with Crippen LogP contribution in [0.2, 0.25) is 0 Å². The molecule has 0 spiro atoms. The van der Waals surface area contributed by atoms with E-state index in [0.29, 0.717) is 6.61 Å². The molecule has 0 fully saturated rings. The Kier molecular flexibility index (Phi) is 3.39. The highest BCUT2D eigenvalue weighted by Gasteiger charge is 2.36. The lowest BCUT2D eigenvalue weighted by Crippen LogP contribution is -2.17. The molecule has 0 N–H and O–H groups in total. The number of benzene rings is 1. The average Bonchev–Trinajstić information content (AvgIpc) is 2.96. The average molecular weight is 295 g/mol. The van der Waals surface area contributed by atoms with E-state index in [1.165, 1.54) is 0 Å². The molecule has 1 aliphatic carbocycles. The number of rotatable bonds is 3. The first-order chi connectivity index (χ1) is 10.4. The molecule has 1 aromatic heterocycles. The molecule has 0 radical (unpaired) electrons. The predicted molar refractivity (Wildman–Crippen MR) is 89.1 cm³/mol. The smallest absolute Gasteiger partial charge is 0.135 e. The highest BCUT2D eigenvalue weighted by atomic mass is 16.6. The fourth-order valence-electron chi connectivity index (χ4n) is 2.86. The van der Waals surface area contributed by atoms with Crippen LogP contribution in [0.4, 0.5) is 0 Å². The normalized spacial score (nSPS) is 14.8. The molecule has 22 heavy (non-hydrogen) atoms. The van der Waals surface area contributed by atoms with Crippen LogP contribution in [0, 0.1) is 0 Å². The van der Waals surface area contributed by atoms with Crippen LogP contribution >= 0.6 is 0 Å². The minimum absolute atomic E-state index is 0.0629. The quantitative estimate of drug-likeness (QED) is 0.420. The maximum absolute atomic E-state index is 5.39. The van der Waals surface area contributed by atoms with Crippen molar-refractivity contribution in [3.8, 4) is 11.3 Å². The number of hydrogen-bond donors (Lipinski definition) is 0. The lowest BCUT2D eigenvalue weighted by molar-refractivity contribution is 0.175. The molecule has 114 valence electrons. The van der Waals surface area contributed by atoms with E-state index >= 15 is 0 Å². The second-order valence-corrected chi connectivity index (χ2v) is 6.52. The first-order valence-corrected chi connectivity index (χ1v) is 7.43. The van der Waals surface area contributed by atoms with E-state index in [9.17, 15) is 0 Å². The molecule has 3 rings (SSSR count). The van der Waals surface area contributed by atoms with Crippen molar-refractivity contribution < 1.29 is 4.84 Å². The molecule has 0 bridgehead atoms. The second kappa shape index (κ2) is 5.13. The number of nitrogens with zero attached hydrogens (tertiary/aromatic N) is 3. The number of oxime groups is 1. The van der Waals surface area contributed by atoms with E-state index in [4.69, 9.17) is 9.94 Å². The summed E-state index contributed by atoms with van der Waals surface area (Å²) in [6.07, 6.45) is 1.69. The van der Waals surface area contributed by atoms with E-state index in [1.807, 2.05) is 23.9 Å². The van der Waals surface area contributed by atoms with Crippen LogP contribution in [0.15, 0.2) is 42.1 Å². The third-order valence-electron chi connectivity index (χ3n) is 3.78. The van der Waals surface area contributed by atoms with Gasteiger partial charge in [-0.2, -0.15) is 5.10 Å². The van der Waals surface area contributed by atoms with Crippen molar-refractivity contribution in [3.05, 3.63) is 53.7 Å². The zero-order valence-electron chi connectivity index (χ0n) is 13.6. The SMILES string of the molecule is C=CCON=C1c2ccccc2-c2c1c(C(C)(C)C)nn2C. The number of fused-ring (bicyclic) bond motifs is 3. The number of aromatic nitrogens is 2. The van der Waals surface area contributed by atoms with Crippen LogP contribution in [-0.2, 0) is 17.3 Å². The Labute approximate surface area is 131 Å². The Balaban J connectivity index is 2.26. The lowest BCUT2D eigenvalue weighted by Gasteiger charge is -2.17. The molecule has 0 saturated carbocycles. The summed E-state index contributed by atoms with van der Waals surface area (Å²) in [5.41, 5.74) is 6.30. The third kappa shape index (κ3) is 2.15. The van der Waals surface area contributed by atoms with Gasteiger partial charge in [-0.1, -0.05) is 62.8 Å². The maximum Gasteiger partial charge on any atom is 0.135 e. The Morgan fingerprint density at radius 2 is 1.95 bits per heavy atom. The summed E-state index contributed by atoms with van der Waals surface area (Å²) < 4.78 is 1.95. The number of aryl methyl sites for hydroxylation is 1. The molecule has 0 amide bonds. The lowest BCUT2D eigenvalue weighted by atomic mass is 9.88. The largest absolute Gasteiger partial charge is 0.391 e. The van der Waals surface area contributed by atoms with Gasteiger partial charge in [0.1, 0.15) is 12.3 Å². The standard InChI is InChI=1S/C18H21N3O/c1-6-11-22-20-15-12-9-7-8-10-13(12)16-14(15)17(18(2,3)4)19-21(16)5/h6-10H,1,11H2,2-5H3. The second-order valence-electron chi connectivity index (χ2n) is 6.52. The Bertz CT molecular complexity index is 763. The summed E-state index contributed by atoms with van der Waals surface area (Å²) in [5, 5.41) is 9.12. The van der Waals surface area contributed by atoms with Gasteiger partial charge in [0.25, 0.3) is 0 Å². The molecule has 0 unspecified atom stereocenters. The Morgan fingerprint density at radius 1 is 1.27 bits per heavy atom. The van der Waals surface area contributed by atoms with E-state index in [1.54, 1.807) is 6.08 Å². The molecular formula is C18H21N3O. The van der Waals surface area contributed by atoms with Gasteiger partial charge in [0, 0.05) is 23.6 Å². The van der Waals surface area contributed by atoms with Gasteiger partial charge in [0.05, 0.1) is 17.0 Å². The van der Waals surface area contributed by atoms with Gasteiger partial charge in [0.2, 0.25) is 0 Å². The van der Waals surface area contributed by atoms with Crippen molar-refractivity contribution in [2.45, 2.75) is 26.2 Å². The molecule has 0 saturated heterocycles. The van der Waals surface area contributed by atoms with Gasteiger partial charge in [-0.05, 0) is 0 Å². The van der Waals surface area contributed by atoms with Crippen molar-refractivity contribution in [3.63, 3.8) is 0 Å². The van der Waals surface area contributed by atoms with Gasteiger partial charge in [-0.25, -0.2) is 0 Å². The third-order valence-corrected chi connectivity index (χ3v) is 3.78. The Hall–Kier alpha value is -2.36. The summed E-state index contributed by atoms with van der Waals surface area (Å²) in [6, 6.07) is 8.26. The van der Waals surface area contributed by atoms with E-state index in [0.717, 1.165) is 33.8 Å². The van der Waals surface area contributed by atoms with E-state index < -0.39 is 0 Å². The Morgan fingerprint density at radius 3 is 2.59 bits per heavy atom. The number of hydrogen-bond acceptors (Lipinski definition) is 3. The summed E-state index contributed by atoms with van der Waals surface area (Å²) in [4.78, 5) is 5.39. The molecule has 0 atom stereocenters. The monoisotopic (exact) mass is 295 g/mol. The molecule has 4 nitrogen and oxygen atoms in total. The van der Waals surface area contributed by atoms with Crippen LogP contribution in [0.25, 0.3) is 11.3 Å². The molecular weight excluding hydrogens is 274 g/mol. The maximum atomic E-state index is 5.39. The fourth-order valence-corrected chi connectivity index (χ4v) is 2.86. The van der Waals surface area contributed by atoms with E-state index in [-0.39, 0.29) is 5.41 Å². The first-order valence-electron chi connectivity index (χ1n) is 7.43. The predicted octanol–water partition coefficient (Wildman–Crippen LogP) is 3.65. The first kappa shape index (κ1) is 14.6. The van der Waals surface area contributed by atoms with Gasteiger partial charge < -0.3 is 4.84 Å². The molecule has 1 aromatic carbocycles. The molecule has 2 aromatic rings. The fraction of sp³-hybridized carbons (Fsp3) is 0.333. The molecule has 4 heteroatoms. The van der Waals surface area contributed by atoms with Crippen molar-refractivity contribution in [2.24, 2.45) is 12.2 Å². The minimum atomic E-state index is -0.0629. The van der Waals surface area contributed by atoms with Gasteiger partial charge in [-0.15, -0.1) is 0 Å². The summed E-state index contributed by atoms with van der Waals surface area (Å²) >= 11 is 0. The summed E-state index contributed by atoms with van der Waals surface area (Å²) in [5.74, 6) is 0. The van der Waals surface area contributed by atoms with Crippen LogP contribution < -0.4 is 0 Å². The van der Waals surface area contributed by atoms with Crippen LogP contribution in [-0.4, -0.2) is 22.1 Å². The zero-order chi connectivity index (χ0) is 15.9. The molecule has 1 heterocycles. The molecule has 1 aliphatic rings. The summed E-state index contributed by atoms with van der Waals surface area (Å²) in [6.45, 7) is 10.6. The van der Waals surface area contributed by atoms with Crippen LogP contribution in [0.5, 0.6) is 0 Å². The summed E-state index contributed by atoms with van der Waals surface area (Å²) in [7, 11) is 1.98. The minimum Gasteiger partial charge on any atom is -0.391 e. The highest BCUT2D eigenvalue weighted by molar-refractivity contribution is 6.24. The van der Waals surface area contributed by atoms with Gasteiger partial charge >= 0.3 is 0 Å². The molecule has 0 aliphatic heterocycles. The van der Waals surface area contributed by atoms with Crippen molar-refractivity contribution in [2.75, 3.05) is 6.61 Å². The zero-order valence-corrected chi connectivity index (χ0v) is 13.6. The van der Waals surface area contributed by atoms with Crippen LogP contribution in [0.3, 0.4) is 0 Å². The highest BCUT2D eigenvalue weighted by Crippen LogP contribution is 2.41. The van der Waals surface area contributed by atoms with Crippen molar-refractivity contribution in [1.82, 2.24) is 9.78 Å². The van der Waals surface area contributed by atoms with Crippen molar-refractivity contribution >= 4 is 5.71 Å².